The molecule has 2 aromatic rings. The number of benzene rings is 2. The van der Waals surface area contributed by atoms with Gasteiger partial charge in [0.25, 0.3) is 0 Å². The Morgan fingerprint density at radius 2 is 1.67 bits per heavy atom. The Morgan fingerprint density at radius 3 is 2.23 bits per heavy atom. The summed E-state index contributed by atoms with van der Waals surface area (Å²) in [6, 6.07) is 15.7. The van der Waals surface area contributed by atoms with E-state index in [9.17, 15) is 9.59 Å². The highest BCUT2D eigenvalue weighted by Gasteiger charge is 2.28. The maximum atomic E-state index is 13.2. The van der Waals surface area contributed by atoms with Crippen LogP contribution in [0.25, 0.3) is 0 Å². The first kappa shape index (κ1) is 23.4. The van der Waals surface area contributed by atoms with E-state index < -0.39 is 5.41 Å². The van der Waals surface area contributed by atoms with Crippen LogP contribution >= 0.6 is 0 Å². The number of amides is 2. The fourth-order valence-corrected chi connectivity index (χ4v) is 3.24. The maximum absolute atomic E-state index is 13.2. The van der Waals surface area contributed by atoms with Gasteiger partial charge in [-0.3, -0.25) is 9.59 Å². The molecule has 0 bridgehead atoms. The maximum Gasteiger partial charge on any atom is 0.250 e. The number of methoxy groups -OCH3 is 1. The molecule has 0 saturated carbocycles. The van der Waals surface area contributed by atoms with Gasteiger partial charge in [0.15, 0.2) is 0 Å². The highest BCUT2D eigenvalue weighted by Crippen LogP contribution is 2.27. The molecule has 0 aromatic heterocycles. The first-order valence-electron chi connectivity index (χ1n) is 10.0. The molecule has 162 valence electrons. The van der Waals surface area contributed by atoms with E-state index in [-0.39, 0.29) is 18.4 Å². The van der Waals surface area contributed by atoms with Gasteiger partial charge in [0, 0.05) is 51.1 Å². The van der Waals surface area contributed by atoms with Crippen LogP contribution in [0.15, 0.2) is 48.5 Å². The lowest BCUT2D eigenvalue weighted by Crippen LogP contribution is -2.38. The number of anilines is 2. The Labute approximate surface area is 179 Å². The summed E-state index contributed by atoms with van der Waals surface area (Å²) in [4.78, 5) is 29.0. The molecule has 0 aliphatic heterocycles. The lowest BCUT2D eigenvalue weighted by Gasteiger charge is -2.31. The number of rotatable bonds is 8. The van der Waals surface area contributed by atoms with E-state index in [0.717, 1.165) is 16.8 Å². The van der Waals surface area contributed by atoms with Gasteiger partial charge >= 0.3 is 0 Å². The fourth-order valence-electron chi connectivity index (χ4n) is 3.24. The highest BCUT2D eigenvalue weighted by molar-refractivity contribution is 5.92. The average Bonchev–Trinajstić information content (AvgIpc) is 2.67. The summed E-state index contributed by atoms with van der Waals surface area (Å²) in [7, 11) is 5.42. The van der Waals surface area contributed by atoms with Gasteiger partial charge in [0.2, 0.25) is 11.8 Å². The molecule has 0 aliphatic rings. The summed E-state index contributed by atoms with van der Waals surface area (Å²) in [5.41, 5.74) is 3.21. The molecule has 30 heavy (non-hydrogen) atoms. The van der Waals surface area contributed by atoms with Crippen LogP contribution in [0.5, 0.6) is 0 Å². The molecule has 0 aliphatic carbocycles. The van der Waals surface area contributed by atoms with Crippen LogP contribution in [-0.4, -0.2) is 44.5 Å². The molecule has 6 heteroatoms. The number of carbonyl (C=O) groups excluding carboxylic acids is 2. The third-order valence-electron chi connectivity index (χ3n) is 4.63. The van der Waals surface area contributed by atoms with Crippen LogP contribution in [-0.2, 0) is 27.4 Å². The van der Waals surface area contributed by atoms with Gasteiger partial charge in [-0.15, -0.1) is 0 Å². The van der Waals surface area contributed by atoms with Gasteiger partial charge in [-0.1, -0.05) is 51.1 Å². The quantitative estimate of drug-likeness (QED) is 0.715. The van der Waals surface area contributed by atoms with Crippen molar-refractivity contribution in [2.45, 2.75) is 33.9 Å². The van der Waals surface area contributed by atoms with Crippen molar-refractivity contribution in [1.82, 2.24) is 4.90 Å². The van der Waals surface area contributed by atoms with Crippen molar-refractivity contribution in [3.05, 3.63) is 59.7 Å². The molecule has 0 heterocycles. The molecule has 1 N–H and O–H groups in total. The number of nitrogens with zero attached hydrogens (tertiary/aromatic N) is 2. The first-order chi connectivity index (χ1) is 14.1. The normalized spacial score (nSPS) is 11.1. The molecule has 2 aromatic carbocycles. The van der Waals surface area contributed by atoms with Crippen molar-refractivity contribution >= 4 is 23.2 Å². The molecule has 0 saturated heterocycles. The zero-order chi connectivity index (χ0) is 22.3. The van der Waals surface area contributed by atoms with Crippen LogP contribution in [0.1, 0.15) is 31.9 Å². The van der Waals surface area contributed by atoms with Gasteiger partial charge in [-0.2, -0.15) is 0 Å². The number of ether oxygens (including phenoxy) is 1. The predicted molar refractivity (Wildman–Crippen MR) is 121 cm³/mol. The van der Waals surface area contributed by atoms with E-state index in [1.54, 1.807) is 0 Å². The van der Waals surface area contributed by atoms with Crippen molar-refractivity contribution in [3.63, 3.8) is 0 Å². The van der Waals surface area contributed by atoms with Gasteiger partial charge in [-0.05, 0) is 29.3 Å². The second-order valence-corrected chi connectivity index (χ2v) is 8.62. The van der Waals surface area contributed by atoms with Crippen molar-refractivity contribution < 1.29 is 14.3 Å². The van der Waals surface area contributed by atoms with E-state index in [2.05, 4.69) is 5.32 Å². The van der Waals surface area contributed by atoms with E-state index in [4.69, 9.17) is 4.74 Å². The summed E-state index contributed by atoms with van der Waals surface area (Å²) in [6.45, 7) is 6.74. The monoisotopic (exact) mass is 411 g/mol. The minimum absolute atomic E-state index is 0.00654. The molecule has 2 rings (SSSR count). The molecule has 0 atom stereocenters. The molecule has 0 spiro atoms. The minimum Gasteiger partial charge on any atom is -0.377 e. The van der Waals surface area contributed by atoms with Crippen LogP contribution in [0, 0.1) is 5.41 Å². The summed E-state index contributed by atoms with van der Waals surface area (Å²) in [6.07, 6.45) is 0. The predicted octanol–water partition coefficient (Wildman–Crippen LogP) is 3.91. The molecule has 0 unspecified atom stereocenters. The molecule has 2 amide bonds. The zero-order valence-corrected chi connectivity index (χ0v) is 18.9. The van der Waals surface area contributed by atoms with Crippen molar-refractivity contribution in [2.75, 3.05) is 38.0 Å². The molecular weight excluding hydrogens is 378 g/mol. The van der Waals surface area contributed by atoms with Gasteiger partial charge in [0.05, 0.1) is 0 Å². The van der Waals surface area contributed by atoms with Crippen LogP contribution in [0.2, 0.25) is 0 Å². The lowest BCUT2D eigenvalue weighted by atomic mass is 9.94. The second kappa shape index (κ2) is 10.3. The average molecular weight is 412 g/mol. The SMILES string of the molecule is COCC(=O)Nc1ccc(N(C)C)c(CN(Cc2ccccc2)C(=O)C(C)(C)C)c1. The fraction of sp³-hybridized carbons (Fsp3) is 0.417. The second-order valence-electron chi connectivity index (χ2n) is 8.62. The third kappa shape index (κ3) is 6.59. The Hall–Kier alpha value is -2.86. The number of hydrogen-bond donors (Lipinski definition) is 1. The van der Waals surface area contributed by atoms with Crippen LogP contribution < -0.4 is 10.2 Å². The summed E-state index contributed by atoms with van der Waals surface area (Å²) >= 11 is 0. The summed E-state index contributed by atoms with van der Waals surface area (Å²) < 4.78 is 4.89. The molecule has 0 radical (unpaired) electrons. The first-order valence-corrected chi connectivity index (χ1v) is 10.0. The van der Waals surface area contributed by atoms with E-state index >= 15 is 0 Å². The van der Waals surface area contributed by atoms with E-state index in [0.29, 0.717) is 18.8 Å². The smallest absolute Gasteiger partial charge is 0.250 e. The van der Waals surface area contributed by atoms with Crippen molar-refractivity contribution in [1.29, 1.82) is 0 Å². The molecule has 0 fully saturated rings. The largest absolute Gasteiger partial charge is 0.377 e. The van der Waals surface area contributed by atoms with Crippen LogP contribution in [0.4, 0.5) is 11.4 Å². The van der Waals surface area contributed by atoms with Crippen molar-refractivity contribution in [2.24, 2.45) is 5.41 Å². The standard InChI is InChI=1S/C24H33N3O3/c1-24(2,3)23(29)27(15-18-10-8-7-9-11-18)16-19-14-20(25-22(28)17-30-6)12-13-21(19)26(4)5/h7-14H,15-17H2,1-6H3,(H,25,28). The zero-order valence-electron chi connectivity index (χ0n) is 18.9. The molecular formula is C24H33N3O3. The van der Waals surface area contributed by atoms with E-state index in [1.165, 1.54) is 7.11 Å². The molecule has 6 nitrogen and oxygen atoms in total. The highest BCUT2D eigenvalue weighted by atomic mass is 16.5. The lowest BCUT2D eigenvalue weighted by molar-refractivity contribution is -0.140. The van der Waals surface area contributed by atoms with Crippen molar-refractivity contribution in [3.8, 4) is 0 Å². The number of carbonyl (C=O) groups is 2. The Balaban J connectivity index is 2.38. The minimum atomic E-state index is -0.503. The van der Waals surface area contributed by atoms with Gasteiger partial charge in [-0.25, -0.2) is 0 Å². The Morgan fingerprint density at radius 1 is 1.00 bits per heavy atom. The third-order valence-corrected chi connectivity index (χ3v) is 4.63. The van der Waals surface area contributed by atoms with E-state index in [1.807, 2.05) is 93.2 Å². The van der Waals surface area contributed by atoms with Crippen LogP contribution in [0.3, 0.4) is 0 Å². The number of hydrogen-bond acceptors (Lipinski definition) is 4. The summed E-state index contributed by atoms with van der Waals surface area (Å²) in [5.74, 6) is -0.141. The topological polar surface area (TPSA) is 61.9 Å². The van der Waals surface area contributed by atoms with Gasteiger partial charge in [0.1, 0.15) is 6.61 Å². The van der Waals surface area contributed by atoms with Gasteiger partial charge < -0.3 is 19.9 Å². The Kier molecular flexibility index (Phi) is 8.00. The Bertz CT molecular complexity index is 858. The summed E-state index contributed by atoms with van der Waals surface area (Å²) in [5, 5.41) is 2.85. The number of nitrogens with one attached hydrogen (secondary N) is 1.